The summed E-state index contributed by atoms with van der Waals surface area (Å²) in [5.74, 6) is -2.09. The Hall–Kier alpha value is -1.23. The van der Waals surface area contributed by atoms with Crippen LogP contribution in [0.15, 0.2) is 4.99 Å². The first-order valence-electron chi connectivity index (χ1n) is 2.95. The summed E-state index contributed by atoms with van der Waals surface area (Å²) in [7, 11) is 0. The van der Waals surface area contributed by atoms with Crippen molar-refractivity contribution in [1.82, 2.24) is 0 Å². The van der Waals surface area contributed by atoms with Crippen molar-refractivity contribution in [3.05, 3.63) is 0 Å². The number of aliphatic hydroxyl groups excluding tert-OH is 1. The van der Waals surface area contributed by atoms with Crippen LogP contribution in [-0.4, -0.2) is 33.9 Å². The van der Waals surface area contributed by atoms with Crippen LogP contribution in [0.25, 0.3) is 0 Å². The third-order valence-corrected chi connectivity index (χ3v) is 0.852. The molecule has 0 rings (SSSR count). The zero-order valence-electron chi connectivity index (χ0n) is 6.24. The quantitative estimate of drug-likeness (QED) is 0.426. The van der Waals surface area contributed by atoms with Crippen molar-refractivity contribution in [2.45, 2.75) is 20.1 Å². The van der Waals surface area contributed by atoms with Gasteiger partial charge in [-0.3, -0.25) is 4.79 Å². The molecule has 0 aliphatic rings. The number of aliphatic imine (C=N–C) groups is 1. The van der Waals surface area contributed by atoms with Gasteiger partial charge in [0.15, 0.2) is 11.5 Å². The normalized spacial score (nSPS) is 14.3. The fourth-order valence-corrected chi connectivity index (χ4v) is 0.484. The van der Waals surface area contributed by atoms with Crippen molar-refractivity contribution in [3.8, 4) is 0 Å². The van der Waals surface area contributed by atoms with Crippen LogP contribution in [0, 0.1) is 0 Å². The van der Waals surface area contributed by atoms with Crippen LogP contribution in [-0.2, 0) is 9.59 Å². The zero-order chi connectivity index (χ0) is 9.02. The summed E-state index contributed by atoms with van der Waals surface area (Å²) in [5.41, 5.74) is -0.625. The number of nitrogens with zero attached hydrogens (tertiary/aromatic N) is 1. The van der Waals surface area contributed by atoms with E-state index in [0.717, 1.165) is 6.92 Å². The summed E-state index contributed by atoms with van der Waals surface area (Å²) in [6.45, 7) is 2.35. The van der Waals surface area contributed by atoms with E-state index in [2.05, 4.69) is 4.99 Å². The van der Waals surface area contributed by atoms with Crippen LogP contribution in [0.4, 0.5) is 0 Å². The van der Waals surface area contributed by atoms with Gasteiger partial charge in [-0.25, -0.2) is 9.79 Å². The lowest BCUT2D eigenvalue weighted by atomic mass is 10.3. The second kappa shape index (κ2) is 3.82. The van der Waals surface area contributed by atoms with E-state index in [0.29, 0.717) is 0 Å². The van der Waals surface area contributed by atoms with E-state index in [-0.39, 0.29) is 0 Å². The van der Waals surface area contributed by atoms with Gasteiger partial charge in [0.1, 0.15) is 6.23 Å². The molecule has 5 nitrogen and oxygen atoms in total. The molecule has 0 heterocycles. The molecule has 1 atom stereocenters. The SMILES string of the molecule is CC(=O)/C(=N/C(C)O)C(=O)O. The number of rotatable bonds is 3. The number of carboxylic acids is 1. The van der Waals surface area contributed by atoms with E-state index in [1.807, 2.05) is 0 Å². The molecule has 5 heteroatoms. The van der Waals surface area contributed by atoms with E-state index in [4.69, 9.17) is 10.2 Å². The highest BCUT2D eigenvalue weighted by Crippen LogP contribution is 1.88. The molecule has 0 radical (unpaired) electrons. The van der Waals surface area contributed by atoms with Gasteiger partial charge in [0.2, 0.25) is 0 Å². The van der Waals surface area contributed by atoms with E-state index < -0.39 is 23.7 Å². The molecule has 0 bridgehead atoms. The molecule has 0 aromatic rings. The molecule has 0 aliphatic carbocycles. The summed E-state index contributed by atoms with van der Waals surface area (Å²) in [6.07, 6.45) is -1.16. The Kier molecular flexibility index (Phi) is 3.39. The monoisotopic (exact) mass is 159 g/mol. The molecule has 0 aromatic heterocycles. The van der Waals surface area contributed by atoms with Crippen LogP contribution in [0.3, 0.4) is 0 Å². The summed E-state index contributed by atoms with van der Waals surface area (Å²) < 4.78 is 0. The minimum atomic E-state index is -1.42. The lowest BCUT2D eigenvalue weighted by molar-refractivity contribution is -0.130. The topological polar surface area (TPSA) is 87.0 Å². The standard InChI is InChI=1S/C6H9NO4/c1-3(8)5(6(10)11)7-4(2)9/h4,9H,1-2H3,(H,10,11)/b7-5-. The van der Waals surface area contributed by atoms with Gasteiger partial charge in [0.05, 0.1) is 0 Å². The van der Waals surface area contributed by atoms with Crippen molar-refractivity contribution in [3.63, 3.8) is 0 Å². The van der Waals surface area contributed by atoms with Crippen molar-refractivity contribution >= 4 is 17.5 Å². The van der Waals surface area contributed by atoms with E-state index in [9.17, 15) is 9.59 Å². The van der Waals surface area contributed by atoms with Crippen LogP contribution >= 0.6 is 0 Å². The number of aliphatic carboxylic acids is 1. The largest absolute Gasteiger partial charge is 0.476 e. The van der Waals surface area contributed by atoms with Crippen LogP contribution in [0.2, 0.25) is 0 Å². The Morgan fingerprint density at radius 1 is 1.45 bits per heavy atom. The first-order chi connectivity index (χ1) is 4.95. The number of ketones is 1. The molecule has 0 saturated carbocycles. The molecule has 2 N–H and O–H groups in total. The summed E-state index contributed by atoms with van der Waals surface area (Å²) >= 11 is 0. The number of carboxylic acid groups (broad SMARTS) is 1. The van der Waals surface area contributed by atoms with Gasteiger partial charge in [-0.2, -0.15) is 0 Å². The number of carbonyl (C=O) groups is 2. The minimum Gasteiger partial charge on any atom is -0.476 e. The second-order valence-corrected chi connectivity index (χ2v) is 1.97. The maximum Gasteiger partial charge on any atom is 0.357 e. The predicted molar refractivity (Wildman–Crippen MR) is 37.4 cm³/mol. The summed E-state index contributed by atoms with van der Waals surface area (Å²) in [5, 5.41) is 16.9. The predicted octanol–water partition coefficient (Wildman–Crippen LogP) is -0.561. The van der Waals surface area contributed by atoms with E-state index in [1.165, 1.54) is 6.92 Å². The number of carbonyl (C=O) groups excluding carboxylic acids is 1. The van der Waals surface area contributed by atoms with Crippen molar-refractivity contribution in [1.29, 1.82) is 0 Å². The summed E-state index contributed by atoms with van der Waals surface area (Å²) in [4.78, 5) is 23.9. The van der Waals surface area contributed by atoms with Crippen molar-refractivity contribution in [2.24, 2.45) is 4.99 Å². The summed E-state index contributed by atoms with van der Waals surface area (Å²) in [6, 6.07) is 0. The highest BCUT2D eigenvalue weighted by molar-refractivity contribution is 6.63. The fourth-order valence-electron chi connectivity index (χ4n) is 0.484. The highest BCUT2D eigenvalue weighted by atomic mass is 16.4. The molecular weight excluding hydrogens is 150 g/mol. The number of Topliss-reactive ketones (excluding diaryl/α,β-unsaturated/α-hetero) is 1. The Labute approximate surface area is 63.4 Å². The minimum absolute atomic E-state index is 0.625. The first kappa shape index (κ1) is 9.77. The molecule has 11 heavy (non-hydrogen) atoms. The van der Waals surface area contributed by atoms with Gasteiger partial charge in [0, 0.05) is 6.92 Å². The maximum absolute atomic E-state index is 10.5. The lowest BCUT2D eigenvalue weighted by Gasteiger charge is -1.97. The number of hydrogen-bond acceptors (Lipinski definition) is 4. The van der Waals surface area contributed by atoms with E-state index in [1.54, 1.807) is 0 Å². The molecule has 0 saturated heterocycles. The molecule has 0 fully saturated rings. The number of aliphatic hydroxyl groups is 1. The van der Waals surface area contributed by atoms with Gasteiger partial charge in [-0.1, -0.05) is 0 Å². The fraction of sp³-hybridized carbons (Fsp3) is 0.500. The Morgan fingerprint density at radius 3 is 2.00 bits per heavy atom. The average Bonchev–Trinajstić information content (AvgIpc) is 1.81. The van der Waals surface area contributed by atoms with Crippen LogP contribution in [0.1, 0.15) is 13.8 Å². The molecule has 1 unspecified atom stereocenters. The molecule has 0 spiro atoms. The van der Waals surface area contributed by atoms with Gasteiger partial charge in [-0.15, -0.1) is 0 Å². The zero-order valence-corrected chi connectivity index (χ0v) is 6.24. The third-order valence-electron chi connectivity index (χ3n) is 0.852. The Morgan fingerprint density at radius 2 is 1.91 bits per heavy atom. The maximum atomic E-state index is 10.5. The lowest BCUT2D eigenvalue weighted by Crippen LogP contribution is -2.23. The van der Waals surface area contributed by atoms with E-state index >= 15 is 0 Å². The van der Waals surface area contributed by atoms with Crippen molar-refractivity contribution in [2.75, 3.05) is 0 Å². The van der Waals surface area contributed by atoms with Gasteiger partial charge >= 0.3 is 5.97 Å². The smallest absolute Gasteiger partial charge is 0.357 e. The molecule has 0 aromatic carbocycles. The van der Waals surface area contributed by atoms with Crippen LogP contribution in [0.5, 0.6) is 0 Å². The van der Waals surface area contributed by atoms with Gasteiger partial charge in [0.25, 0.3) is 0 Å². The highest BCUT2D eigenvalue weighted by Gasteiger charge is 2.15. The average molecular weight is 159 g/mol. The molecular formula is C6H9NO4. The Bertz CT molecular complexity index is 191. The Balaban J connectivity index is 4.60. The number of hydrogen-bond donors (Lipinski definition) is 2. The third kappa shape index (κ3) is 3.47. The van der Waals surface area contributed by atoms with Gasteiger partial charge in [-0.05, 0) is 6.92 Å². The van der Waals surface area contributed by atoms with Gasteiger partial charge < -0.3 is 10.2 Å². The first-order valence-corrected chi connectivity index (χ1v) is 2.95. The van der Waals surface area contributed by atoms with Crippen molar-refractivity contribution < 1.29 is 19.8 Å². The van der Waals surface area contributed by atoms with Crippen LogP contribution < -0.4 is 0 Å². The molecule has 62 valence electrons. The second-order valence-electron chi connectivity index (χ2n) is 1.97. The molecule has 0 aliphatic heterocycles. The molecule has 0 amide bonds.